The van der Waals surface area contributed by atoms with E-state index in [1.54, 1.807) is 18.7 Å². The number of ether oxygens (including phenoxy) is 1. The highest BCUT2D eigenvalue weighted by Gasteiger charge is 2.14. The summed E-state index contributed by atoms with van der Waals surface area (Å²) in [4.78, 5) is 24.4. The second-order valence-corrected chi connectivity index (χ2v) is 5.65. The highest BCUT2D eigenvalue weighted by atomic mass is 32.2. The molecule has 1 amide bonds. The summed E-state index contributed by atoms with van der Waals surface area (Å²) in [5, 5.41) is 2.71. The van der Waals surface area contributed by atoms with E-state index in [0.29, 0.717) is 17.9 Å². The van der Waals surface area contributed by atoms with Gasteiger partial charge in [-0.1, -0.05) is 18.2 Å². The van der Waals surface area contributed by atoms with Gasteiger partial charge in [0.2, 0.25) is 0 Å². The molecule has 0 fully saturated rings. The van der Waals surface area contributed by atoms with Crippen LogP contribution in [0.3, 0.4) is 0 Å². The largest absolute Gasteiger partial charge is 0.469 e. The van der Waals surface area contributed by atoms with Gasteiger partial charge < -0.3 is 14.5 Å². The van der Waals surface area contributed by atoms with Crippen LogP contribution in [0.4, 0.5) is 0 Å². The summed E-state index contributed by atoms with van der Waals surface area (Å²) in [5.41, 5.74) is 0.340. The third-order valence-corrected chi connectivity index (χ3v) is 3.86. The zero-order valence-electron chi connectivity index (χ0n) is 12.2. The van der Waals surface area contributed by atoms with Gasteiger partial charge in [-0.25, -0.2) is 4.79 Å². The van der Waals surface area contributed by atoms with Crippen LogP contribution in [-0.2, 0) is 9.53 Å². The molecule has 5 nitrogen and oxygen atoms in total. The lowest BCUT2D eigenvalue weighted by Crippen LogP contribution is -2.30. The Morgan fingerprint density at radius 2 is 2.00 bits per heavy atom. The fraction of sp³-hybridized carbons (Fsp3) is 0.250. The van der Waals surface area contributed by atoms with Crippen LogP contribution in [0.1, 0.15) is 16.1 Å². The van der Waals surface area contributed by atoms with Crippen LogP contribution < -0.4 is 5.32 Å². The van der Waals surface area contributed by atoms with Crippen LogP contribution in [0.25, 0.3) is 0 Å². The number of amides is 1. The summed E-state index contributed by atoms with van der Waals surface area (Å²) in [7, 11) is 0. The molecular weight excluding hydrogens is 302 g/mol. The number of thioether (sulfide) groups is 1. The van der Waals surface area contributed by atoms with E-state index in [0.717, 1.165) is 10.6 Å². The molecule has 1 aromatic carbocycles. The molecule has 1 heterocycles. The summed E-state index contributed by atoms with van der Waals surface area (Å²) < 4.78 is 9.94. The normalized spacial score (nSPS) is 10.2. The molecule has 1 aromatic heterocycles. The Labute approximate surface area is 133 Å². The number of hydrogen-bond donors (Lipinski definition) is 1. The molecule has 1 N–H and O–H groups in total. The first-order valence-corrected chi connectivity index (χ1v) is 7.81. The number of benzene rings is 1. The Kier molecular flexibility index (Phi) is 6.09. The van der Waals surface area contributed by atoms with E-state index < -0.39 is 5.97 Å². The smallest absolute Gasteiger partial charge is 0.342 e. The molecule has 6 heteroatoms. The molecule has 0 aliphatic heterocycles. The van der Waals surface area contributed by atoms with Crippen molar-refractivity contribution in [2.24, 2.45) is 0 Å². The molecule has 2 rings (SSSR count). The van der Waals surface area contributed by atoms with Crippen LogP contribution >= 0.6 is 11.8 Å². The van der Waals surface area contributed by atoms with Gasteiger partial charge in [0.1, 0.15) is 11.3 Å². The molecule has 0 radical (unpaired) electrons. The number of esters is 1. The number of carbonyl (C=O) groups excluding carboxylic acids is 2. The molecule has 0 aliphatic rings. The van der Waals surface area contributed by atoms with Crippen molar-refractivity contribution in [2.45, 2.75) is 11.8 Å². The summed E-state index contributed by atoms with van der Waals surface area (Å²) in [6.45, 7) is 1.89. The van der Waals surface area contributed by atoms with Crippen molar-refractivity contribution in [1.82, 2.24) is 5.32 Å². The van der Waals surface area contributed by atoms with Crippen LogP contribution in [0.2, 0.25) is 0 Å². The molecule has 0 spiro atoms. The number of rotatable bonds is 7. The van der Waals surface area contributed by atoms with Crippen molar-refractivity contribution in [3.05, 3.63) is 54.0 Å². The van der Waals surface area contributed by atoms with Gasteiger partial charge in [-0.3, -0.25) is 4.79 Å². The quantitative estimate of drug-likeness (QED) is 0.483. The molecule has 0 saturated heterocycles. The van der Waals surface area contributed by atoms with Gasteiger partial charge in [0, 0.05) is 17.2 Å². The maximum atomic E-state index is 11.7. The number of nitrogens with one attached hydrogen (secondary N) is 1. The van der Waals surface area contributed by atoms with E-state index in [2.05, 4.69) is 5.32 Å². The van der Waals surface area contributed by atoms with Crippen molar-refractivity contribution in [2.75, 3.05) is 18.9 Å². The molecular formula is C16H17NO4S. The number of carbonyl (C=O) groups is 2. The SMILES string of the molecule is Cc1occc1C(=O)OCC(=O)NCCSc1ccccc1. The van der Waals surface area contributed by atoms with E-state index in [4.69, 9.17) is 9.15 Å². The standard InChI is InChI=1S/C16H17NO4S/c1-12-14(7-9-20-12)16(19)21-11-15(18)17-8-10-22-13-5-3-2-4-6-13/h2-7,9H,8,10-11H2,1H3,(H,17,18). The van der Waals surface area contributed by atoms with E-state index >= 15 is 0 Å². The highest BCUT2D eigenvalue weighted by molar-refractivity contribution is 7.99. The van der Waals surface area contributed by atoms with Gasteiger partial charge in [0.05, 0.1) is 6.26 Å². The van der Waals surface area contributed by atoms with E-state index in [9.17, 15) is 9.59 Å². The lowest BCUT2D eigenvalue weighted by atomic mass is 10.3. The first-order valence-electron chi connectivity index (χ1n) is 6.82. The first kappa shape index (κ1) is 16.2. The minimum atomic E-state index is -0.555. The van der Waals surface area contributed by atoms with E-state index in [1.165, 1.54) is 12.3 Å². The van der Waals surface area contributed by atoms with Crippen molar-refractivity contribution in [3.63, 3.8) is 0 Å². The fourth-order valence-corrected chi connectivity index (χ4v) is 2.52. The predicted molar refractivity (Wildman–Crippen MR) is 83.9 cm³/mol. The van der Waals surface area contributed by atoms with Gasteiger partial charge in [-0.2, -0.15) is 0 Å². The number of furan rings is 1. The van der Waals surface area contributed by atoms with Crippen LogP contribution in [0.15, 0.2) is 52.0 Å². The summed E-state index contributed by atoms with van der Waals surface area (Å²) >= 11 is 1.65. The molecule has 22 heavy (non-hydrogen) atoms. The number of hydrogen-bond acceptors (Lipinski definition) is 5. The second kappa shape index (κ2) is 8.29. The Bertz CT molecular complexity index is 624. The minimum Gasteiger partial charge on any atom is -0.469 e. The van der Waals surface area contributed by atoms with Crippen molar-refractivity contribution >= 4 is 23.6 Å². The van der Waals surface area contributed by atoms with Gasteiger partial charge in [0.25, 0.3) is 5.91 Å². The molecule has 0 saturated carbocycles. The van der Waals surface area contributed by atoms with Crippen molar-refractivity contribution < 1.29 is 18.7 Å². The van der Waals surface area contributed by atoms with Gasteiger partial charge in [-0.05, 0) is 25.1 Å². The zero-order chi connectivity index (χ0) is 15.8. The topological polar surface area (TPSA) is 68.5 Å². The average Bonchev–Trinajstić information content (AvgIpc) is 2.96. The van der Waals surface area contributed by atoms with E-state index in [-0.39, 0.29) is 12.5 Å². The lowest BCUT2D eigenvalue weighted by molar-refractivity contribution is -0.124. The minimum absolute atomic E-state index is 0.292. The van der Waals surface area contributed by atoms with Gasteiger partial charge >= 0.3 is 5.97 Å². The average molecular weight is 319 g/mol. The van der Waals surface area contributed by atoms with Crippen LogP contribution in [0.5, 0.6) is 0 Å². The second-order valence-electron chi connectivity index (χ2n) is 4.48. The predicted octanol–water partition coefficient (Wildman–Crippen LogP) is 2.65. The summed E-state index contributed by atoms with van der Waals surface area (Å²) in [5.74, 6) is 0.359. The Hall–Kier alpha value is -2.21. The highest BCUT2D eigenvalue weighted by Crippen LogP contribution is 2.15. The first-order chi connectivity index (χ1) is 10.7. The van der Waals surface area contributed by atoms with Crippen molar-refractivity contribution in [3.8, 4) is 0 Å². The fourth-order valence-electron chi connectivity index (χ4n) is 1.73. The Morgan fingerprint density at radius 3 is 2.68 bits per heavy atom. The third kappa shape index (κ3) is 4.96. The van der Waals surface area contributed by atoms with Gasteiger partial charge in [0.15, 0.2) is 6.61 Å². The molecule has 116 valence electrons. The lowest BCUT2D eigenvalue weighted by Gasteiger charge is -2.06. The number of aryl methyl sites for hydroxylation is 1. The maximum absolute atomic E-state index is 11.7. The monoisotopic (exact) mass is 319 g/mol. The van der Waals surface area contributed by atoms with E-state index in [1.807, 2.05) is 30.3 Å². The Balaban J connectivity index is 1.62. The van der Waals surface area contributed by atoms with Gasteiger partial charge in [-0.15, -0.1) is 11.8 Å². The van der Waals surface area contributed by atoms with Crippen molar-refractivity contribution in [1.29, 1.82) is 0 Å². The molecule has 2 aromatic rings. The third-order valence-electron chi connectivity index (χ3n) is 2.85. The summed E-state index contributed by atoms with van der Waals surface area (Å²) in [6, 6.07) is 11.5. The Morgan fingerprint density at radius 1 is 1.23 bits per heavy atom. The maximum Gasteiger partial charge on any atom is 0.342 e. The molecule has 0 aliphatic carbocycles. The van der Waals surface area contributed by atoms with Crippen LogP contribution in [0, 0.1) is 6.92 Å². The summed E-state index contributed by atoms with van der Waals surface area (Å²) in [6.07, 6.45) is 1.41. The van der Waals surface area contributed by atoms with Crippen LogP contribution in [-0.4, -0.2) is 30.8 Å². The molecule has 0 unspecified atom stereocenters. The molecule has 0 atom stereocenters. The molecule has 0 bridgehead atoms. The zero-order valence-corrected chi connectivity index (χ0v) is 13.0.